The first kappa shape index (κ1) is 22.6. The van der Waals surface area contributed by atoms with E-state index in [-0.39, 0.29) is 30.2 Å². The lowest BCUT2D eigenvalue weighted by atomic mass is 10.1. The molecule has 2 rings (SSSR count). The lowest BCUT2D eigenvalue weighted by molar-refractivity contribution is -0.140. The highest BCUT2D eigenvalue weighted by atomic mass is 19.1. The van der Waals surface area contributed by atoms with Gasteiger partial charge < -0.3 is 10.2 Å². The Bertz CT molecular complexity index is 803. The first-order valence-electron chi connectivity index (χ1n) is 10.2. The van der Waals surface area contributed by atoms with Gasteiger partial charge in [0.15, 0.2) is 0 Å². The molecular formula is C24H31FN2O2. The third-order valence-corrected chi connectivity index (χ3v) is 5.18. The van der Waals surface area contributed by atoms with Crippen LogP contribution in [0, 0.1) is 12.7 Å². The molecule has 0 saturated heterocycles. The molecule has 0 bridgehead atoms. The molecule has 2 aromatic carbocycles. The summed E-state index contributed by atoms with van der Waals surface area (Å²) in [6.07, 6.45) is 1.74. The van der Waals surface area contributed by atoms with Gasteiger partial charge in [-0.05, 0) is 56.9 Å². The van der Waals surface area contributed by atoms with Crippen LogP contribution in [-0.2, 0) is 22.6 Å². The summed E-state index contributed by atoms with van der Waals surface area (Å²) >= 11 is 0. The maximum Gasteiger partial charge on any atom is 0.242 e. The Morgan fingerprint density at radius 3 is 2.17 bits per heavy atom. The van der Waals surface area contributed by atoms with Crippen LogP contribution in [-0.4, -0.2) is 28.8 Å². The molecule has 2 amide bonds. The van der Waals surface area contributed by atoms with E-state index in [1.165, 1.54) is 17.7 Å². The number of rotatable bonds is 9. The number of hydrogen-bond donors (Lipinski definition) is 1. The summed E-state index contributed by atoms with van der Waals surface area (Å²) in [6, 6.07) is 13.6. The molecule has 0 aliphatic rings. The second-order valence-electron chi connectivity index (χ2n) is 7.63. The van der Waals surface area contributed by atoms with Crippen LogP contribution in [0.15, 0.2) is 48.5 Å². The van der Waals surface area contributed by atoms with Crippen molar-refractivity contribution in [3.05, 3.63) is 71.0 Å². The fourth-order valence-electron chi connectivity index (χ4n) is 2.98. The highest BCUT2D eigenvalue weighted by molar-refractivity contribution is 5.87. The number of aryl methyl sites for hydroxylation is 2. The van der Waals surface area contributed by atoms with Crippen molar-refractivity contribution >= 4 is 11.8 Å². The molecule has 0 unspecified atom stereocenters. The number of halogens is 1. The second-order valence-corrected chi connectivity index (χ2v) is 7.63. The average molecular weight is 399 g/mol. The van der Waals surface area contributed by atoms with Crippen molar-refractivity contribution in [3.8, 4) is 0 Å². The molecule has 2 aromatic rings. The van der Waals surface area contributed by atoms with Crippen LogP contribution in [0.5, 0.6) is 0 Å². The molecule has 0 aliphatic carbocycles. The smallest absolute Gasteiger partial charge is 0.242 e. The van der Waals surface area contributed by atoms with Crippen molar-refractivity contribution in [2.45, 2.75) is 65.6 Å². The van der Waals surface area contributed by atoms with Gasteiger partial charge in [0.2, 0.25) is 11.8 Å². The molecule has 0 fully saturated rings. The zero-order chi connectivity index (χ0) is 21.4. The maximum atomic E-state index is 13.2. The molecule has 0 heterocycles. The van der Waals surface area contributed by atoms with Gasteiger partial charge in [-0.3, -0.25) is 9.59 Å². The minimum Gasteiger partial charge on any atom is -0.352 e. The number of benzene rings is 2. The SMILES string of the molecule is CC[C@@H](C)NC(=O)[C@H](C)N(Cc1ccc(F)cc1)C(=O)CCc1ccc(C)cc1. The van der Waals surface area contributed by atoms with E-state index in [0.717, 1.165) is 17.5 Å². The van der Waals surface area contributed by atoms with E-state index >= 15 is 0 Å². The summed E-state index contributed by atoms with van der Waals surface area (Å²) in [6.45, 7) is 7.97. The Morgan fingerprint density at radius 2 is 1.59 bits per heavy atom. The second kappa shape index (κ2) is 10.7. The van der Waals surface area contributed by atoms with Gasteiger partial charge in [0.1, 0.15) is 11.9 Å². The van der Waals surface area contributed by atoms with Gasteiger partial charge in [0.25, 0.3) is 0 Å². The quantitative estimate of drug-likeness (QED) is 0.681. The third-order valence-electron chi connectivity index (χ3n) is 5.18. The van der Waals surface area contributed by atoms with E-state index < -0.39 is 6.04 Å². The highest BCUT2D eigenvalue weighted by Crippen LogP contribution is 2.14. The molecule has 1 N–H and O–H groups in total. The molecule has 2 atom stereocenters. The Balaban J connectivity index is 2.13. The van der Waals surface area contributed by atoms with E-state index in [1.807, 2.05) is 45.0 Å². The molecule has 29 heavy (non-hydrogen) atoms. The lowest BCUT2D eigenvalue weighted by Gasteiger charge is -2.29. The van der Waals surface area contributed by atoms with Crippen molar-refractivity contribution in [2.24, 2.45) is 0 Å². The van der Waals surface area contributed by atoms with Crippen LogP contribution in [0.1, 0.15) is 50.3 Å². The summed E-state index contributed by atoms with van der Waals surface area (Å²) in [5, 5.41) is 2.95. The van der Waals surface area contributed by atoms with E-state index in [0.29, 0.717) is 12.8 Å². The van der Waals surface area contributed by atoms with Crippen LogP contribution in [0.25, 0.3) is 0 Å². The summed E-state index contributed by atoms with van der Waals surface area (Å²) in [4.78, 5) is 27.3. The Kier molecular flexibility index (Phi) is 8.37. The van der Waals surface area contributed by atoms with Crippen molar-refractivity contribution in [2.75, 3.05) is 0 Å². The minimum atomic E-state index is -0.612. The van der Waals surface area contributed by atoms with Gasteiger partial charge >= 0.3 is 0 Å². The first-order valence-corrected chi connectivity index (χ1v) is 10.2. The summed E-state index contributed by atoms with van der Waals surface area (Å²) in [7, 11) is 0. The number of hydrogen-bond acceptors (Lipinski definition) is 2. The predicted molar refractivity (Wildman–Crippen MR) is 114 cm³/mol. The zero-order valence-electron chi connectivity index (χ0n) is 17.7. The van der Waals surface area contributed by atoms with Crippen molar-refractivity contribution in [3.63, 3.8) is 0 Å². The first-order chi connectivity index (χ1) is 13.8. The largest absolute Gasteiger partial charge is 0.352 e. The minimum absolute atomic E-state index is 0.0419. The monoisotopic (exact) mass is 398 g/mol. The summed E-state index contributed by atoms with van der Waals surface area (Å²) < 4.78 is 13.2. The molecule has 0 saturated carbocycles. The molecular weight excluding hydrogens is 367 g/mol. The van der Waals surface area contributed by atoms with Crippen LogP contribution in [0.2, 0.25) is 0 Å². The molecule has 0 aliphatic heterocycles. The van der Waals surface area contributed by atoms with Crippen LogP contribution >= 0.6 is 0 Å². The molecule has 0 radical (unpaired) electrons. The van der Waals surface area contributed by atoms with E-state index in [1.54, 1.807) is 24.0 Å². The van der Waals surface area contributed by atoms with Crippen LogP contribution in [0.3, 0.4) is 0 Å². The average Bonchev–Trinajstić information content (AvgIpc) is 2.72. The van der Waals surface area contributed by atoms with E-state index in [9.17, 15) is 14.0 Å². The fraction of sp³-hybridized carbons (Fsp3) is 0.417. The standard InChI is InChI=1S/C24H31FN2O2/c1-5-18(3)26-24(29)19(4)27(16-21-10-13-22(25)14-11-21)23(28)15-12-20-8-6-17(2)7-9-20/h6-11,13-14,18-19H,5,12,15-16H2,1-4H3,(H,26,29)/t18-,19+/m1/s1. The normalized spacial score (nSPS) is 12.9. The summed E-state index contributed by atoms with van der Waals surface area (Å²) in [5.74, 6) is -0.597. The lowest BCUT2D eigenvalue weighted by Crippen LogP contribution is -2.49. The Morgan fingerprint density at radius 1 is 1.00 bits per heavy atom. The molecule has 4 nitrogen and oxygen atoms in total. The highest BCUT2D eigenvalue weighted by Gasteiger charge is 2.26. The number of nitrogens with zero attached hydrogens (tertiary/aromatic N) is 1. The van der Waals surface area contributed by atoms with Crippen molar-refractivity contribution in [1.82, 2.24) is 10.2 Å². The fourth-order valence-corrected chi connectivity index (χ4v) is 2.98. The molecule has 0 aromatic heterocycles. The van der Waals surface area contributed by atoms with Gasteiger partial charge in [-0.2, -0.15) is 0 Å². The maximum absolute atomic E-state index is 13.2. The Labute approximate surface area is 173 Å². The number of nitrogens with one attached hydrogen (secondary N) is 1. The van der Waals surface area contributed by atoms with Gasteiger partial charge in [-0.1, -0.05) is 48.9 Å². The predicted octanol–water partition coefficient (Wildman–Crippen LogP) is 4.40. The molecule has 156 valence electrons. The van der Waals surface area contributed by atoms with Gasteiger partial charge in [-0.25, -0.2) is 4.39 Å². The number of carbonyl (C=O) groups excluding carboxylic acids is 2. The topological polar surface area (TPSA) is 49.4 Å². The van der Waals surface area contributed by atoms with Crippen LogP contribution < -0.4 is 5.32 Å². The van der Waals surface area contributed by atoms with E-state index in [4.69, 9.17) is 0 Å². The van der Waals surface area contributed by atoms with E-state index in [2.05, 4.69) is 5.32 Å². The number of amides is 2. The Hall–Kier alpha value is -2.69. The van der Waals surface area contributed by atoms with Gasteiger partial charge in [0, 0.05) is 19.0 Å². The molecule has 5 heteroatoms. The summed E-state index contributed by atoms with van der Waals surface area (Å²) in [5.41, 5.74) is 3.05. The number of carbonyl (C=O) groups is 2. The van der Waals surface area contributed by atoms with Crippen molar-refractivity contribution < 1.29 is 14.0 Å². The van der Waals surface area contributed by atoms with Crippen LogP contribution in [0.4, 0.5) is 4.39 Å². The third kappa shape index (κ3) is 7.00. The zero-order valence-corrected chi connectivity index (χ0v) is 17.7. The van der Waals surface area contributed by atoms with Gasteiger partial charge in [0.05, 0.1) is 0 Å². The molecule has 0 spiro atoms. The van der Waals surface area contributed by atoms with Crippen molar-refractivity contribution in [1.29, 1.82) is 0 Å². The van der Waals surface area contributed by atoms with Gasteiger partial charge in [-0.15, -0.1) is 0 Å².